The van der Waals surface area contributed by atoms with Crippen LogP contribution in [0, 0.1) is 0 Å². The standard InChI is InChI=1S/C15H15N5O4/c21-11(19-10-3-1-9(2-4-10)15(23)24)5-6-20-8-18-12-13(20)16-7-17-14(12)22/h1-4,7,13H,5-6,8H2,(H,19,21)(H,23,24)(H,16,17,22)/t13-/m1/s1. The highest BCUT2D eigenvalue weighted by Crippen LogP contribution is 2.09. The lowest BCUT2D eigenvalue weighted by Crippen LogP contribution is -3.15. The Labute approximate surface area is 137 Å². The number of nitrogens with zero attached hydrogens (tertiary/aromatic N) is 2. The SMILES string of the molecule is O=C(CC[NH+]1CN=C2C(=O)NC=N[C@@H]21)Nc1ccc(C(=O)[O-])cc1. The fourth-order valence-electron chi connectivity index (χ4n) is 2.57. The van der Waals surface area contributed by atoms with Gasteiger partial charge in [0.25, 0.3) is 5.91 Å². The van der Waals surface area contributed by atoms with Gasteiger partial charge < -0.3 is 20.5 Å². The van der Waals surface area contributed by atoms with Gasteiger partial charge in [0.05, 0.1) is 25.3 Å². The molecule has 9 heteroatoms. The van der Waals surface area contributed by atoms with Crippen molar-refractivity contribution in [3.05, 3.63) is 29.8 Å². The van der Waals surface area contributed by atoms with Crippen LogP contribution < -0.4 is 20.6 Å². The summed E-state index contributed by atoms with van der Waals surface area (Å²) < 4.78 is 0. The average Bonchev–Trinajstić information content (AvgIpc) is 2.98. The van der Waals surface area contributed by atoms with Crippen LogP contribution in [0.25, 0.3) is 0 Å². The van der Waals surface area contributed by atoms with E-state index in [0.717, 1.165) is 4.90 Å². The van der Waals surface area contributed by atoms with Gasteiger partial charge in [-0.25, -0.2) is 9.98 Å². The lowest BCUT2D eigenvalue weighted by atomic mass is 10.2. The minimum atomic E-state index is -1.27. The molecule has 9 nitrogen and oxygen atoms in total. The summed E-state index contributed by atoms with van der Waals surface area (Å²) in [6.07, 6.45) is 1.23. The van der Waals surface area contributed by atoms with Gasteiger partial charge in [-0.2, -0.15) is 0 Å². The van der Waals surface area contributed by atoms with Gasteiger partial charge in [0.15, 0.2) is 12.4 Å². The molecule has 3 rings (SSSR count). The quantitative estimate of drug-likeness (QED) is 0.537. The van der Waals surface area contributed by atoms with Gasteiger partial charge in [0.2, 0.25) is 12.1 Å². The van der Waals surface area contributed by atoms with Crippen molar-refractivity contribution in [1.29, 1.82) is 0 Å². The molecule has 2 aliphatic rings. The minimum absolute atomic E-state index is 0.0487. The summed E-state index contributed by atoms with van der Waals surface area (Å²) in [7, 11) is 0. The highest BCUT2D eigenvalue weighted by atomic mass is 16.4. The summed E-state index contributed by atoms with van der Waals surface area (Å²) in [6.45, 7) is 0.879. The molecule has 3 N–H and O–H groups in total. The lowest BCUT2D eigenvalue weighted by Gasteiger charge is -2.20. The number of aliphatic imine (C=N–C) groups is 2. The van der Waals surface area contributed by atoms with Crippen LogP contribution in [0.3, 0.4) is 0 Å². The second kappa shape index (κ2) is 6.59. The van der Waals surface area contributed by atoms with E-state index >= 15 is 0 Å². The number of carboxylic acid groups (broad SMARTS) is 1. The molecular formula is C15H15N5O4. The molecule has 2 amide bonds. The Kier molecular flexibility index (Phi) is 4.34. The zero-order chi connectivity index (χ0) is 17.1. The lowest BCUT2D eigenvalue weighted by molar-refractivity contribution is -0.907. The molecule has 0 aliphatic carbocycles. The van der Waals surface area contributed by atoms with E-state index in [1.54, 1.807) is 0 Å². The van der Waals surface area contributed by atoms with E-state index < -0.39 is 5.97 Å². The van der Waals surface area contributed by atoms with Crippen LogP contribution in [-0.2, 0) is 9.59 Å². The van der Waals surface area contributed by atoms with Crippen molar-refractivity contribution in [2.24, 2.45) is 9.98 Å². The maximum absolute atomic E-state index is 12.0. The van der Waals surface area contributed by atoms with Crippen molar-refractivity contribution in [3.63, 3.8) is 0 Å². The van der Waals surface area contributed by atoms with Crippen LogP contribution in [0.5, 0.6) is 0 Å². The Morgan fingerprint density at radius 2 is 2.08 bits per heavy atom. The molecule has 2 atom stereocenters. The number of rotatable bonds is 5. The second-order valence-electron chi connectivity index (χ2n) is 5.43. The Balaban J connectivity index is 1.51. The molecule has 0 fully saturated rings. The van der Waals surface area contributed by atoms with Crippen molar-refractivity contribution in [3.8, 4) is 0 Å². The molecule has 1 unspecified atom stereocenters. The number of hydrogen-bond acceptors (Lipinski definition) is 6. The molecule has 2 heterocycles. The van der Waals surface area contributed by atoms with E-state index in [4.69, 9.17) is 0 Å². The Bertz CT molecular complexity index is 741. The fourth-order valence-corrected chi connectivity index (χ4v) is 2.57. The number of hydrogen-bond donors (Lipinski definition) is 3. The van der Waals surface area contributed by atoms with Crippen molar-refractivity contribution in [2.45, 2.75) is 12.6 Å². The molecular weight excluding hydrogens is 314 g/mol. The van der Waals surface area contributed by atoms with Crippen molar-refractivity contribution >= 4 is 35.5 Å². The first kappa shape index (κ1) is 15.8. The summed E-state index contributed by atoms with van der Waals surface area (Å²) >= 11 is 0. The van der Waals surface area contributed by atoms with Crippen molar-refractivity contribution in [1.82, 2.24) is 5.32 Å². The van der Waals surface area contributed by atoms with E-state index in [-0.39, 0.29) is 30.0 Å². The van der Waals surface area contributed by atoms with Gasteiger partial charge in [-0.05, 0) is 17.7 Å². The van der Waals surface area contributed by atoms with Gasteiger partial charge in [-0.1, -0.05) is 12.1 Å². The number of benzene rings is 1. The molecule has 0 saturated carbocycles. The third-order valence-electron chi connectivity index (χ3n) is 3.83. The van der Waals surface area contributed by atoms with Gasteiger partial charge in [-0.15, -0.1) is 0 Å². The molecule has 0 radical (unpaired) electrons. The number of carbonyl (C=O) groups is 3. The monoisotopic (exact) mass is 329 g/mol. The fraction of sp³-hybridized carbons (Fsp3) is 0.267. The van der Waals surface area contributed by atoms with Crippen LogP contribution in [0.15, 0.2) is 34.3 Å². The van der Waals surface area contributed by atoms with E-state index in [0.29, 0.717) is 24.6 Å². The third-order valence-corrected chi connectivity index (χ3v) is 3.83. The van der Waals surface area contributed by atoms with Crippen LogP contribution in [0.4, 0.5) is 5.69 Å². The molecule has 0 spiro atoms. The normalized spacial score (nSPS) is 21.7. The van der Waals surface area contributed by atoms with Crippen LogP contribution in [0.2, 0.25) is 0 Å². The van der Waals surface area contributed by atoms with Crippen LogP contribution in [-0.4, -0.2) is 49.2 Å². The molecule has 1 aromatic rings. The van der Waals surface area contributed by atoms with Gasteiger partial charge >= 0.3 is 0 Å². The first-order valence-electron chi connectivity index (χ1n) is 7.37. The van der Waals surface area contributed by atoms with Crippen LogP contribution in [0.1, 0.15) is 16.8 Å². The zero-order valence-corrected chi connectivity index (χ0v) is 12.6. The molecule has 2 aliphatic heterocycles. The summed E-state index contributed by atoms with van der Waals surface area (Å²) in [5, 5.41) is 15.8. The second-order valence-corrected chi connectivity index (χ2v) is 5.43. The topological polar surface area (TPSA) is 127 Å². The summed E-state index contributed by atoms with van der Waals surface area (Å²) in [5.74, 6) is -1.72. The summed E-state index contributed by atoms with van der Waals surface area (Å²) in [4.78, 5) is 43.6. The highest BCUT2D eigenvalue weighted by molar-refractivity contribution is 6.43. The number of quaternary nitrogens is 1. The number of amides is 2. The van der Waals surface area contributed by atoms with Gasteiger partial charge in [0.1, 0.15) is 0 Å². The number of fused-ring (bicyclic) bond motifs is 1. The molecule has 1 aromatic carbocycles. The van der Waals surface area contributed by atoms with Crippen LogP contribution >= 0.6 is 0 Å². The molecule has 0 bridgehead atoms. The summed E-state index contributed by atoms with van der Waals surface area (Å²) in [5.41, 5.74) is 0.951. The molecule has 24 heavy (non-hydrogen) atoms. The number of carbonyl (C=O) groups excluding carboxylic acids is 3. The number of carboxylic acids is 1. The zero-order valence-electron chi connectivity index (χ0n) is 12.6. The minimum Gasteiger partial charge on any atom is -0.545 e. The van der Waals surface area contributed by atoms with Gasteiger partial charge in [0, 0.05) is 5.69 Å². The van der Waals surface area contributed by atoms with E-state index in [2.05, 4.69) is 20.6 Å². The van der Waals surface area contributed by atoms with E-state index in [1.807, 2.05) is 0 Å². The maximum Gasteiger partial charge on any atom is 0.278 e. The van der Waals surface area contributed by atoms with E-state index in [9.17, 15) is 19.5 Å². The number of aromatic carboxylic acids is 1. The first-order valence-corrected chi connectivity index (χ1v) is 7.37. The number of nitrogens with one attached hydrogen (secondary N) is 3. The molecule has 0 saturated heterocycles. The summed E-state index contributed by atoms with van der Waals surface area (Å²) in [6, 6.07) is 5.74. The molecule has 0 aromatic heterocycles. The smallest absolute Gasteiger partial charge is 0.278 e. The van der Waals surface area contributed by atoms with Crippen molar-refractivity contribution in [2.75, 3.05) is 18.5 Å². The molecule has 124 valence electrons. The van der Waals surface area contributed by atoms with E-state index in [1.165, 1.54) is 30.6 Å². The number of anilines is 1. The average molecular weight is 329 g/mol. The predicted molar refractivity (Wildman–Crippen MR) is 82.6 cm³/mol. The maximum atomic E-state index is 12.0. The third kappa shape index (κ3) is 3.30. The Morgan fingerprint density at radius 3 is 2.79 bits per heavy atom. The van der Waals surface area contributed by atoms with Crippen molar-refractivity contribution < 1.29 is 24.4 Å². The Morgan fingerprint density at radius 1 is 1.33 bits per heavy atom. The Hall–Kier alpha value is -3.07. The largest absolute Gasteiger partial charge is 0.545 e. The first-order chi connectivity index (χ1) is 11.5. The predicted octanol–water partition coefficient (Wildman–Crippen LogP) is -2.84. The highest BCUT2D eigenvalue weighted by Gasteiger charge is 2.38. The van der Waals surface area contributed by atoms with Gasteiger partial charge in [-0.3, -0.25) is 14.5 Å².